The third kappa shape index (κ3) is 4.44. The Bertz CT molecular complexity index is 1020. The minimum absolute atomic E-state index is 0.0940. The van der Waals surface area contributed by atoms with Crippen LogP contribution in [-0.4, -0.2) is 23.1 Å². The van der Waals surface area contributed by atoms with E-state index in [4.69, 9.17) is 11.6 Å². The highest BCUT2D eigenvalue weighted by molar-refractivity contribution is 6.31. The lowest BCUT2D eigenvalue weighted by atomic mass is 10.1. The maximum atomic E-state index is 13.5. The van der Waals surface area contributed by atoms with Crippen molar-refractivity contribution in [3.05, 3.63) is 76.3 Å². The van der Waals surface area contributed by atoms with Gasteiger partial charge in [0.15, 0.2) is 0 Å². The molecule has 1 aliphatic heterocycles. The summed E-state index contributed by atoms with van der Waals surface area (Å²) in [6, 6.07) is 10.8. The Balaban J connectivity index is 1.47. The van der Waals surface area contributed by atoms with E-state index >= 15 is 0 Å². The molecule has 0 bridgehead atoms. The minimum atomic E-state index is -2.90. The average molecular weight is 429 g/mol. The van der Waals surface area contributed by atoms with E-state index in [1.54, 1.807) is 6.07 Å². The summed E-state index contributed by atoms with van der Waals surface area (Å²) in [6.45, 7) is 2.79. The van der Waals surface area contributed by atoms with E-state index in [9.17, 15) is 8.78 Å². The maximum Gasteiger partial charge on any atom is 0.431 e. The Morgan fingerprint density at radius 1 is 1.27 bits per heavy atom. The normalized spacial score (nSPS) is 13.5. The molecule has 0 fully saturated rings. The predicted molar refractivity (Wildman–Crippen MR) is 111 cm³/mol. The lowest BCUT2D eigenvalue weighted by Gasteiger charge is -2.27. The number of aromatic nitrogens is 3. The van der Waals surface area contributed by atoms with E-state index < -0.39 is 5.92 Å². The fourth-order valence-electron chi connectivity index (χ4n) is 3.48. The summed E-state index contributed by atoms with van der Waals surface area (Å²) in [6.07, 6.45) is 5.43. The van der Waals surface area contributed by atoms with Crippen molar-refractivity contribution in [3.8, 4) is 0 Å². The van der Waals surface area contributed by atoms with Crippen LogP contribution in [-0.2, 0) is 25.3 Å². The molecule has 4 rings (SSSR count). The molecule has 0 radical (unpaired) electrons. The molecule has 2 aromatic heterocycles. The van der Waals surface area contributed by atoms with Crippen LogP contribution in [0.2, 0.25) is 5.02 Å². The number of hydrogen-bond donors (Lipinski definition) is 1. The first-order valence-corrected chi connectivity index (χ1v) is 10.1. The molecule has 5 nitrogen and oxygen atoms in total. The van der Waals surface area contributed by atoms with Crippen molar-refractivity contribution in [2.75, 3.05) is 23.3 Å². The quantitative estimate of drug-likeness (QED) is 0.646. The summed E-state index contributed by atoms with van der Waals surface area (Å²) in [5.41, 5.74) is 2.89. The van der Waals surface area contributed by atoms with Crippen LogP contribution >= 0.6 is 11.6 Å². The number of rotatable bonds is 6. The Morgan fingerprint density at radius 2 is 2.10 bits per heavy atom. The van der Waals surface area contributed by atoms with Crippen molar-refractivity contribution in [2.45, 2.75) is 32.2 Å². The predicted octanol–water partition coefficient (Wildman–Crippen LogP) is 3.86. The number of nitrogens with one attached hydrogen (secondary N) is 1. The van der Waals surface area contributed by atoms with Gasteiger partial charge in [0.25, 0.3) is 11.7 Å². The number of fused-ring (bicyclic) bond motifs is 1. The topological polar surface area (TPSA) is 55.2 Å². The molecule has 0 saturated heterocycles. The van der Waals surface area contributed by atoms with E-state index in [2.05, 4.69) is 26.6 Å². The molecule has 1 aliphatic rings. The zero-order valence-corrected chi connectivity index (χ0v) is 17.3. The first kappa shape index (κ1) is 20.3. The summed E-state index contributed by atoms with van der Waals surface area (Å²) >= 11 is 6.23. The lowest BCUT2D eigenvalue weighted by molar-refractivity contribution is -0.312. The molecular weight excluding hydrogens is 408 g/mol. The van der Waals surface area contributed by atoms with Crippen LogP contribution in [0.15, 0.2) is 42.6 Å². The molecule has 1 aromatic carbocycles. The fourth-order valence-corrected chi connectivity index (χ4v) is 3.71. The molecule has 0 saturated carbocycles. The first-order chi connectivity index (χ1) is 14.4. The molecule has 30 heavy (non-hydrogen) atoms. The summed E-state index contributed by atoms with van der Waals surface area (Å²) in [7, 11) is 0. The number of benzene rings is 1. The van der Waals surface area contributed by atoms with Crippen molar-refractivity contribution in [3.63, 3.8) is 0 Å². The van der Waals surface area contributed by atoms with E-state index in [1.165, 1.54) is 12.3 Å². The van der Waals surface area contributed by atoms with Gasteiger partial charge in [0.1, 0.15) is 11.4 Å². The van der Waals surface area contributed by atoms with Gasteiger partial charge in [-0.25, -0.2) is 13.8 Å². The van der Waals surface area contributed by atoms with Gasteiger partial charge in [-0.1, -0.05) is 29.8 Å². The van der Waals surface area contributed by atoms with Crippen molar-refractivity contribution >= 4 is 23.2 Å². The van der Waals surface area contributed by atoms with Gasteiger partial charge in [-0.15, -0.1) is 0 Å². The number of alkyl halides is 2. The first-order valence-electron chi connectivity index (χ1n) is 9.74. The molecule has 154 valence electrons. The van der Waals surface area contributed by atoms with Crippen LogP contribution in [0, 0.1) is 6.33 Å². The fraction of sp³-hybridized carbons (Fsp3) is 0.318. The Hall–Kier alpha value is -2.98. The minimum Gasteiger partial charge on any atom is -0.351 e. The second-order valence-corrected chi connectivity index (χ2v) is 7.74. The van der Waals surface area contributed by atoms with Crippen molar-refractivity contribution < 1.29 is 13.8 Å². The van der Waals surface area contributed by atoms with Gasteiger partial charge in [-0.05, 0) is 30.2 Å². The zero-order valence-electron chi connectivity index (χ0n) is 16.5. The molecule has 0 spiro atoms. The van der Waals surface area contributed by atoms with Crippen molar-refractivity contribution in [2.24, 2.45) is 0 Å². The summed E-state index contributed by atoms with van der Waals surface area (Å²) in [5, 5.41) is 4.11. The van der Waals surface area contributed by atoms with Gasteiger partial charge in [0.2, 0.25) is 5.69 Å². The largest absolute Gasteiger partial charge is 0.431 e. The van der Waals surface area contributed by atoms with Gasteiger partial charge in [-0.2, -0.15) is 4.98 Å². The number of halogens is 3. The second kappa shape index (κ2) is 8.41. The zero-order chi connectivity index (χ0) is 21.1. The molecule has 8 heteroatoms. The maximum absolute atomic E-state index is 13.5. The lowest BCUT2D eigenvalue weighted by Crippen LogP contribution is -2.34. The standard InChI is InChI=1S/C22H20ClF2N5/c1-22(24,25)16-6-7-20(27-12-16)30-11-9-19-17(13-30)21(29-14-28-19)26-10-8-15-4-2-3-5-18(15)23/h2-7,12H,8-11,13H2,1H3/p+1. The monoisotopic (exact) mass is 428 g/mol. The van der Waals surface area contributed by atoms with Crippen molar-refractivity contribution in [1.82, 2.24) is 9.97 Å². The molecule has 0 atom stereocenters. The molecule has 0 aliphatic carbocycles. The number of anilines is 2. The Morgan fingerprint density at radius 3 is 2.83 bits per heavy atom. The third-order valence-electron chi connectivity index (χ3n) is 5.17. The second-order valence-electron chi connectivity index (χ2n) is 7.33. The van der Waals surface area contributed by atoms with Crippen LogP contribution in [0.4, 0.5) is 20.4 Å². The average Bonchev–Trinajstić information content (AvgIpc) is 2.74. The Labute approximate surface area is 179 Å². The number of nitrogens with zero attached hydrogens (tertiary/aromatic N) is 4. The van der Waals surface area contributed by atoms with Crippen LogP contribution in [0.1, 0.15) is 29.3 Å². The summed E-state index contributed by atoms with van der Waals surface area (Å²) in [5.74, 6) is -1.51. The SMILES string of the molecule is CC(F)(F)c1ccc(N2CCc3[n+]#cnc(NCCc4ccccc4Cl)c3C2)nc1. The molecule has 3 aromatic rings. The van der Waals surface area contributed by atoms with Crippen molar-refractivity contribution in [1.29, 1.82) is 0 Å². The van der Waals surface area contributed by atoms with Gasteiger partial charge in [0, 0.05) is 48.2 Å². The highest BCUT2D eigenvalue weighted by Crippen LogP contribution is 2.29. The molecular formula is C22H21ClF2N5+. The van der Waals surface area contributed by atoms with Gasteiger partial charge >= 0.3 is 6.33 Å². The van der Waals surface area contributed by atoms with Crippen LogP contribution in [0.5, 0.6) is 0 Å². The highest BCUT2D eigenvalue weighted by atomic mass is 35.5. The molecule has 3 heterocycles. The van der Waals surface area contributed by atoms with E-state index in [-0.39, 0.29) is 5.56 Å². The molecule has 0 unspecified atom stereocenters. The summed E-state index contributed by atoms with van der Waals surface area (Å²) < 4.78 is 26.9. The molecule has 1 N–H and O–H groups in total. The highest BCUT2D eigenvalue weighted by Gasteiger charge is 2.29. The number of hydrogen-bond acceptors (Lipinski definition) is 4. The van der Waals surface area contributed by atoms with Crippen LogP contribution in [0.25, 0.3) is 0 Å². The van der Waals surface area contributed by atoms with E-state index in [1.807, 2.05) is 29.2 Å². The van der Waals surface area contributed by atoms with E-state index in [0.29, 0.717) is 31.9 Å². The summed E-state index contributed by atoms with van der Waals surface area (Å²) in [4.78, 5) is 14.9. The van der Waals surface area contributed by atoms with Crippen LogP contribution in [0.3, 0.4) is 0 Å². The smallest absolute Gasteiger partial charge is 0.351 e. The van der Waals surface area contributed by atoms with Gasteiger partial charge < -0.3 is 10.2 Å². The number of pyridine rings is 1. The van der Waals surface area contributed by atoms with Crippen LogP contribution < -0.4 is 15.2 Å². The molecule has 0 amide bonds. The van der Waals surface area contributed by atoms with Gasteiger partial charge in [0.05, 0.1) is 6.54 Å². The van der Waals surface area contributed by atoms with E-state index in [0.717, 1.165) is 41.0 Å². The third-order valence-corrected chi connectivity index (χ3v) is 5.54. The van der Waals surface area contributed by atoms with Gasteiger partial charge in [-0.3, -0.25) is 0 Å². The Kier molecular flexibility index (Phi) is 5.69.